The molecular weight excluding hydrogens is 342 g/mol. The number of anilines is 1. The maximum Gasteiger partial charge on any atom is 0.257 e. The van der Waals surface area contributed by atoms with Gasteiger partial charge in [0.15, 0.2) is 11.5 Å². The number of benzene rings is 1. The van der Waals surface area contributed by atoms with Crippen LogP contribution in [0, 0.1) is 0 Å². The van der Waals surface area contributed by atoms with E-state index in [0.29, 0.717) is 30.2 Å². The van der Waals surface area contributed by atoms with Crippen LogP contribution in [0.2, 0.25) is 0 Å². The van der Waals surface area contributed by atoms with E-state index in [0.717, 1.165) is 37.3 Å². The maximum atomic E-state index is 13.2. The molecule has 1 aliphatic rings. The first-order valence-electron chi connectivity index (χ1n) is 9.38. The molecule has 6 heteroatoms. The number of ether oxygens (including phenoxy) is 2. The predicted octanol–water partition coefficient (Wildman–Crippen LogP) is 3.36. The predicted molar refractivity (Wildman–Crippen MR) is 106 cm³/mol. The molecule has 1 amide bonds. The Balaban J connectivity index is 1.83. The second-order valence-corrected chi connectivity index (χ2v) is 6.58. The summed E-state index contributed by atoms with van der Waals surface area (Å²) in [5.41, 5.74) is 1.66. The molecule has 0 unspecified atom stereocenters. The highest BCUT2D eigenvalue weighted by molar-refractivity contribution is 5.99. The third kappa shape index (κ3) is 4.15. The lowest BCUT2D eigenvalue weighted by atomic mass is 10.1. The fourth-order valence-corrected chi connectivity index (χ4v) is 3.44. The monoisotopic (exact) mass is 369 g/mol. The first-order chi connectivity index (χ1) is 13.2. The normalized spacial score (nSPS) is 13.5. The van der Waals surface area contributed by atoms with Crippen LogP contribution in [0.25, 0.3) is 0 Å². The van der Waals surface area contributed by atoms with Crippen LogP contribution in [0.1, 0.15) is 35.7 Å². The van der Waals surface area contributed by atoms with Crippen molar-refractivity contribution in [2.24, 2.45) is 0 Å². The Labute approximate surface area is 160 Å². The van der Waals surface area contributed by atoms with E-state index in [-0.39, 0.29) is 5.91 Å². The number of pyridine rings is 1. The molecule has 1 aromatic carbocycles. The maximum absolute atomic E-state index is 13.2. The van der Waals surface area contributed by atoms with Gasteiger partial charge in [-0.3, -0.25) is 4.79 Å². The van der Waals surface area contributed by atoms with Crippen molar-refractivity contribution >= 4 is 11.7 Å². The first kappa shape index (κ1) is 19.0. The molecule has 6 nitrogen and oxygen atoms in total. The average molecular weight is 369 g/mol. The van der Waals surface area contributed by atoms with E-state index in [4.69, 9.17) is 9.47 Å². The Morgan fingerprint density at radius 3 is 2.56 bits per heavy atom. The third-order valence-corrected chi connectivity index (χ3v) is 4.91. The smallest absolute Gasteiger partial charge is 0.257 e. The van der Waals surface area contributed by atoms with Crippen molar-refractivity contribution in [1.29, 1.82) is 0 Å². The molecule has 144 valence electrons. The van der Waals surface area contributed by atoms with Gasteiger partial charge in [-0.2, -0.15) is 0 Å². The van der Waals surface area contributed by atoms with Gasteiger partial charge in [0, 0.05) is 32.4 Å². The number of carbonyl (C=O) groups excluding carboxylic acids is 1. The Hall–Kier alpha value is -2.76. The fourth-order valence-electron chi connectivity index (χ4n) is 3.44. The van der Waals surface area contributed by atoms with Crippen molar-refractivity contribution in [1.82, 2.24) is 9.88 Å². The average Bonchev–Trinajstić information content (AvgIpc) is 3.26. The molecule has 0 radical (unpaired) electrons. The summed E-state index contributed by atoms with van der Waals surface area (Å²) in [5, 5.41) is 0. The Bertz CT molecular complexity index is 788. The lowest BCUT2D eigenvalue weighted by Crippen LogP contribution is -2.32. The van der Waals surface area contributed by atoms with Crippen LogP contribution in [0.4, 0.5) is 5.82 Å². The Kier molecular flexibility index (Phi) is 6.16. The van der Waals surface area contributed by atoms with Gasteiger partial charge in [-0.15, -0.1) is 0 Å². The summed E-state index contributed by atoms with van der Waals surface area (Å²) in [6, 6.07) is 9.45. The lowest BCUT2D eigenvalue weighted by Gasteiger charge is -2.25. The van der Waals surface area contributed by atoms with Crippen molar-refractivity contribution < 1.29 is 14.3 Å². The van der Waals surface area contributed by atoms with Gasteiger partial charge in [0.2, 0.25) is 0 Å². The van der Waals surface area contributed by atoms with Gasteiger partial charge in [-0.1, -0.05) is 6.07 Å². The zero-order valence-electron chi connectivity index (χ0n) is 16.3. The number of methoxy groups -OCH3 is 2. The third-order valence-electron chi connectivity index (χ3n) is 4.91. The molecule has 1 saturated heterocycles. The summed E-state index contributed by atoms with van der Waals surface area (Å²) in [7, 11) is 3.23. The van der Waals surface area contributed by atoms with Gasteiger partial charge in [-0.25, -0.2) is 4.98 Å². The minimum atomic E-state index is 0.00212. The van der Waals surface area contributed by atoms with Crippen LogP contribution in [-0.4, -0.2) is 49.6 Å². The van der Waals surface area contributed by atoms with E-state index < -0.39 is 0 Å². The molecule has 3 rings (SSSR count). The molecule has 2 heterocycles. The van der Waals surface area contributed by atoms with E-state index in [9.17, 15) is 4.79 Å². The fraction of sp³-hybridized carbons (Fsp3) is 0.429. The van der Waals surface area contributed by atoms with Gasteiger partial charge >= 0.3 is 0 Å². The molecule has 0 saturated carbocycles. The molecule has 27 heavy (non-hydrogen) atoms. The quantitative estimate of drug-likeness (QED) is 0.749. The van der Waals surface area contributed by atoms with Crippen molar-refractivity contribution in [3.05, 3.63) is 47.7 Å². The van der Waals surface area contributed by atoms with Gasteiger partial charge in [-0.05, 0) is 49.6 Å². The molecule has 1 fully saturated rings. The van der Waals surface area contributed by atoms with E-state index in [1.165, 1.54) is 0 Å². The van der Waals surface area contributed by atoms with Crippen molar-refractivity contribution in [3.63, 3.8) is 0 Å². The minimum absolute atomic E-state index is 0.00212. The highest BCUT2D eigenvalue weighted by atomic mass is 16.5. The van der Waals surface area contributed by atoms with Crippen LogP contribution in [0.5, 0.6) is 11.5 Å². The van der Waals surface area contributed by atoms with Crippen LogP contribution < -0.4 is 14.4 Å². The largest absolute Gasteiger partial charge is 0.493 e. The molecular formula is C21H27N3O3. The van der Waals surface area contributed by atoms with Gasteiger partial charge in [0.05, 0.1) is 19.8 Å². The second kappa shape index (κ2) is 8.75. The molecule has 0 spiro atoms. The van der Waals surface area contributed by atoms with Crippen LogP contribution in [0.15, 0.2) is 36.5 Å². The summed E-state index contributed by atoms with van der Waals surface area (Å²) < 4.78 is 10.7. The molecule has 2 aromatic rings. The Morgan fingerprint density at radius 1 is 1.15 bits per heavy atom. The Morgan fingerprint density at radius 2 is 1.89 bits per heavy atom. The molecule has 0 atom stereocenters. The van der Waals surface area contributed by atoms with E-state index in [2.05, 4.69) is 9.88 Å². The SMILES string of the molecule is CCN(Cc1ccc(OC)c(OC)c1)C(=O)c1cccnc1N1CCCC1. The van der Waals surface area contributed by atoms with E-state index >= 15 is 0 Å². The van der Waals surface area contributed by atoms with Gasteiger partial charge < -0.3 is 19.3 Å². The highest BCUT2D eigenvalue weighted by Crippen LogP contribution is 2.29. The van der Waals surface area contributed by atoms with Gasteiger partial charge in [0.25, 0.3) is 5.91 Å². The van der Waals surface area contributed by atoms with Crippen LogP contribution in [0.3, 0.4) is 0 Å². The zero-order valence-corrected chi connectivity index (χ0v) is 16.3. The van der Waals surface area contributed by atoms with E-state index in [1.54, 1.807) is 20.4 Å². The van der Waals surface area contributed by atoms with Crippen molar-refractivity contribution in [2.75, 3.05) is 38.8 Å². The summed E-state index contributed by atoms with van der Waals surface area (Å²) in [5.74, 6) is 2.14. The topological polar surface area (TPSA) is 54.9 Å². The second-order valence-electron chi connectivity index (χ2n) is 6.58. The number of amides is 1. The standard InChI is InChI=1S/C21H27N3O3/c1-4-23(15-16-9-10-18(26-2)19(14-16)27-3)21(25)17-8-7-11-22-20(17)24-12-5-6-13-24/h7-11,14H,4-6,12-13,15H2,1-3H3. The van der Waals surface area contributed by atoms with Gasteiger partial charge in [0.1, 0.15) is 5.82 Å². The number of rotatable bonds is 7. The van der Waals surface area contributed by atoms with Crippen LogP contribution in [-0.2, 0) is 6.54 Å². The van der Waals surface area contributed by atoms with Crippen molar-refractivity contribution in [3.8, 4) is 11.5 Å². The number of hydrogen-bond donors (Lipinski definition) is 0. The minimum Gasteiger partial charge on any atom is -0.493 e. The molecule has 1 aromatic heterocycles. The lowest BCUT2D eigenvalue weighted by molar-refractivity contribution is 0.0752. The van der Waals surface area contributed by atoms with E-state index in [1.807, 2.05) is 42.2 Å². The summed E-state index contributed by atoms with van der Waals surface area (Å²) >= 11 is 0. The number of carbonyl (C=O) groups is 1. The highest BCUT2D eigenvalue weighted by Gasteiger charge is 2.23. The van der Waals surface area contributed by atoms with Crippen molar-refractivity contribution in [2.45, 2.75) is 26.3 Å². The number of nitrogens with zero attached hydrogens (tertiary/aromatic N) is 3. The molecule has 0 N–H and O–H groups in total. The van der Waals surface area contributed by atoms with Crippen LogP contribution >= 0.6 is 0 Å². The summed E-state index contributed by atoms with van der Waals surface area (Å²) in [6.45, 7) is 5.02. The number of aromatic nitrogens is 1. The first-order valence-corrected chi connectivity index (χ1v) is 9.38. The zero-order chi connectivity index (χ0) is 19.2. The number of hydrogen-bond acceptors (Lipinski definition) is 5. The summed E-state index contributed by atoms with van der Waals surface area (Å²) in [6.07, 6.45) is 4.05. The molecule has 1 aliphatic heterocycles. The molecule has 0 aliphatic carbocycles. The molecule has 0 bridgehead atoms. The summed E-state index contributed by atoms with van der Waals surface area (Å²) in [4.78, 5) is 21.8.